The molecule has 0 heterocycles. The van der Waals surface area contributed by atoms with Crippen LogP contribution in [0.15, 0.2) is 42.5 Å². The van der Waals surface area contributed by atoms with Crippen molar-refractivity contribution in [1.82, 2.24) is 0 Å². The summed E-state index contributed by atoms with van der Waals surface area (Å²) >= 11 is 0. The molecule has 0 aliphatic rings. The fourth-order valence-corrected chi connectivity index (χ4v) is 2.28. The first kappa shape index (κ1) is 13.1. The number of benzene rings is 2. The SMILES string of the molecule is [2H]C([2H])(CCCC([2H])(O)C([2H])([2H])Oc1cccc(C)c1)c1ccc(OC)c(OC)c1. The number of rotatable bonds is 10. The molecule has 0 aliphatic heterocycles. The highest BCUT2D eigenvalue weighted by molar-refractivity contribution is 5.42. The second kappa shape index (κ2) is 9.94. The first-order valence-electron chi connectivity index (χ1n) is 10.6. The van der Waals surface area contributed by atoms with Gasteiger partial charge >= 0.3 is 0 Å². The molecule has 0 spiro atoms. The van der Waals surface area contributed by atoms with Crippen LogP contribution < -0.4 is 14.2 Å². The summed E-state index contributed by atoms with van der Waals surface area (Å²) in [5.41, 5.74) is 1.23. The fourth-order valence-electron chi connectivity index (χ4n) is 2.28. The standard InChI is InChI=1S/C21H28O4/c1-16-7-6-10-19(13-16)25-15-18(22)9-5-4-8-17-11-12-20(23-2)21(14-17)24-3/h6-7,10-14,18,22H,4-5,8-9,15H2,1-3H3/i8D2,15D2,18D. The van der Waals surface area contributed by atoms with Gasteiger partial charge in [0.05, 0.1) is 24.4 Å². The molecule has 1 N–H and O–H groups in total. The predicted molar refractivity (Wildman–Crippen MR) is 99.8 cm³/mol. The van der Waals surface area contributed by atoms with Crippen LogP contribution in [0.1, 0.15) is 37.2 Å². The molecule has 4 heteroatoms. The number of hydrogen-bond acceptors (Lipinski definition) is 4. The predicted octanol–water partition coefficient (Wildman–Crippen LogP) is 4.16. The van der Waals surface area contributed by atoms with Gasteiger partial charge in [-0.2, -0.15) is 0 Å². The molecular formula is C21H28O4. The first-order valence-corrected chi connectivity index (χ1v) is 8.12. The smallest absolute Gasteiger partial charge is 0.160 e. The molecule has 0 aromatic heterocycles. The molecule has 1 atom stereocenters. The van der Waals surface area contributed by atoms with E-state index in [2.05, 4.69) is 0 Å². The Balaban J connectivity index is 2.04. The van der Waals surface area contributed by atoms with Crippen molar-refractivity contribution in [2.45, 2.75) is 38.6 Å². The molecular weight excluding hydrogens is 316 g/mol. The number of ether oxygens (including phenoxy) is 3. The molecule has 2 aromatic rings. The molecule has 4 nitrogen and oxygen atoms in total. The largest absolute Gasteiger partial charge is 0.493 e. The van der Waals surface area contributed by atoms with E-state index in [0.717, 1.165) is 5.56 Å². The second-order valence-electron chi connectivity index (χ2n) is 5.57. The zero-order valence-electron chi connectivity index (χ0n) is 19.8. The van der Waals surface area contributed by atoms with E-state index in [4.69, 9.17) is 21.1 Å². The van der Waals surface area contributed by atoms with Gasteiger partial charge < -0.3 is 19.3 Å². The van der Waals surface area contributed by atoms with Crippen LogP contribution in [0.4, 0.5) is 0 Å². The van der Waals surface area contributed by atoms with Crippen molar-refractivity contribution in [1.29, 1.82) is 0 Å². The fraction of sp³-hybridized carbons (Fsp3) is 0.429. The van der Waals surface area contributed by atoms with E-state index in [1.54, 1.807) is 36.4 Å². The normalized spacial score (nSPS) is 17.2. The third-order valence-electron chi connectivity index (χ3n) is 3.58. The van der Waals surface area contributed by atoms with Crippen LogP contribution in [-0.2, 0) is 6.37 Å². The van der Waals surface area contributed by atoms with Crippen molar-refractivity contribution in [3.05, 3.63) is 53.6 Å². The van der Waals surface area contributed by atoms with Crippen LogP contribution in [0.3, 0.4) is 0 Å². The van der Waals surface area contributed by atoms with E-state index in [-0.39, 0.29) is 25.0 Å². The topological polar surface area (TPSA) is 47.9 Å². The lowest BCUT2D eigenvalue weighted by molar-refractivity contribution is 0.0976. The summed E-state index contributed by atoms with van der Waals surface area (Å²) < 4.78 is 56.4. The molecule has 0 aliphatic carbocycles. The Morgan fingerprint density at radius 1 is 1.08 bits per heavy atom. The van der Waals surface area contributed by atoms with Crippen molar-refractivity contribution in [2.24, 2.45) is 0 Å². The van der Waals surface area contributed by atoms with Gasteiger partial charge in [0.15, 0.2) is 11.5 Å². The third kappa shape index (κ3) is 6.31. The molecule has 1 unspecified atom stereocenters. The summed E-state index contributed by atoms with van der Waals surface area (Å²) in [5.74, 6) is 1.10. The minimum Gasteiger partial charge on any atom is -0.493 e. The van der Waals surface area contributed by atoms with Gasteiger partial charge in [-0.15, -0.1) is 0 Å². The number of methoxy groups -OCH3 is 2. The Morgan fingerprint density at radius 2 is 1.88 bits per heavy atom. The second-order valence-corrected chi connectivity index (χ2v) is 5.57. The molecule has 0 saturated heterocycles. The summed E-state index contributed by atoms with van der Waals surface area (Å²) in [6.45, 7) is -0.845. The van der Waals surface area contributed by atoms with Crippen molar-refractivity contribution in [3.8, 4) is 17.2 Å². The number of aliphatic hydroxyl groups is 1. The van der Waals surface area contributed by atoms with Gasteiger partial charge in [-0.25, -0.2) is 0 Å². The van der Waals surface area contributed by atoms with Gasteiger partial charge in [0.25, 0.3) is 0 Å². The summed E-state index contributed by atoms with van der Waals surface area (Å²) in [6, 6.07) is 11.4. The van der Waals surface area contributed by atoms with Gasteiger partial charge in [0.1, 0.15) is 12.3 Å². The van der Waals surface area contributed by atoms with Crippen molar-refractivity contribution in [2.75, 3.05) is 20.8 Å². The maximum Gasteiger partial charge on any atom is 0.160 e. The van der Waals surface area contributed by atoms with Crippen molar-refractivity contribution < 1.29 is 26.2 Å². The number of hydrogen-bond donors (Lipinski definition) is 1. The van der Waals surface area contributed by atoms with Gasteiger partial charge in [0, 0.05) is 2.74 Å². The van der Waals surface area contributed by atoms with Crippen LogP contribution in [0, 0.1) is 6.92 Å². The molecule has 2 rings (SSSR count). The quantitative estimate of drug-likeness (QED) is 0.699. The lowest BCUT2D eigenvalue weighted by atomic mass is 10.0. The van der Waals surface area contributed by atoms with E-state index in [9.17, 15) is 5.11 Å². The van der Waals surface area contributed by atoms with Crippen LogP contribution in [-0.4, -0.2) is 32.0 Å². The molecule has 0 amide bonds. The Kier molecular flexibility index (Phi) is 5.20. The van der Waals surface area contributed by atoms with E-state index < -0.39 is 19.0 Å². The van der Waals surface area contributed by atoms with Gasteiger partial charge in [-0.1, -0.05) is 24.6 Å². The average Bonchev–Trinajstić information content (AvgIpc) is 2.66. The van der Waals surface area contributed by atoms with E-state index >= 15 is 0 Å². The Morgan fingerprint density at radius 3 is 2.60 bits per heavy atom. The highest BCUT2D eigenvalue weighted by Crippen LogP contribution is 2.28. The minimum atomic E-state index is -2.67. The van der Waals surface area contributed by atoms with Gasteiger partial charge in [-0.3, -0.25) is 0 Å². The van der Waals surface area contributed by atoms with Gasteiger partial charge in [-0.05, 0) is 61.5 Å². The van der Waals surface area contributed by atoms with E-state index in [1.165, 1.54) is 14.2 Å². The molecule has 0 bridgehead atoms. The van der Waals surface area contributed by atoms with E-state index in [0.29, 0.717) is 17.1 Å². The summed E-state index contributed by atoms with van der Waals surface area (Å²) in [5, 5.41) is 10.4. The minimum absolute atomic E-state index is 0.0236. The van der Waals surface area contributed by atoms with Crippen molar-refractivity contribution >= 4 is 0 Å². The summed E-state index contributed by atoms with van der Waals surface area (Å²) in [6.07, 6.45) is -4.58. The Bertz CT molecular complexity index is 855. The van der Waals surface area contributed by atoms with Crippen LogP contribution >= 0.6 is 0 Å². The zero-order valence-corrected chi connectivity index (χ0v) is 14.8. The lowest BCUT2D eigenvalue weighted by Crippen LogP contribution is -2.17. The highest BCUT2D eigenvalue weighted by Gasteiger charge is 2.07. The average molecular weight is 349 g/mol. The number of aryl methyl sites for hydroxylation is 2. The molecule has 2 aromatic carbocycles. The maximum atomic E-state index is 10.4. The molecule has 0 radical (unpaired) electrons. The highest BCUT2D eigenvalue weighted by atomic mass is 16.5. The lowest BCUT2D eigenvalue weighted by Gasteiger charge is -2.13. The summed E-state index contributed by atoms with van der Waals surface area (Å²) in [4.78, 5) is 0. The van der Waals surface area contributed by atoms with Crippen LogP contribution in [0.25, 0.3) is 0 Å². The maximum absolute atomic E-state index is 10.4. The molecule has 25 heavy (non-hydrogen) atoms. The molecule has 136 valence electrons. The van der Waals surface area contributed by atoms with E-state index in [1.807, 2.05) is 13.0 Å². The van der Waals surface area contributed by atoms with Gasteiger partial charge in [0.2, 0.25) is 0 Å². The zero-order chi connectivity index (χ0) is 22.6. The monoisotopic (exact) mass is 349 g/mol. The third-order valence-corrected chi connectivity index (χ3v) is 3.58. The molecule has 0 saturated carbocycles. The Labute approximate surface area is 157 Å². The molecule has 0 fully saturated rings. The van der Waals surface area contributed by atoms with Crippen molar-refractivity contribution in [3.63, 3.8) is 0 Å². The summed E-state index contributed by atoms with van der Waals surface area (Å²) in [7, 11) is 2.96. The van der Waals surface area contributed by atoms with Crippen LogP contribution in [0.5, 0.6) is 17.2 Å². The Hall–Kier alpha value is -2.20. The first-order chi connectivity index (χ1) is 13.9. The van der Waals surface area contributed by atoms with Crippen LogP contribution in [0.2, 0.25) is 0 Å².